The van der Waals surface area contributed by atoms with Crippen LogP contribution in [-0.4, -0.2) is 4.98 Å². The number of nitrogens with zero attached hydrogens (tertiary/aromatic N) is 2. The first kappa shape index (κ1) is 18.0. The number of thiazole rings is 1. The Hall–Kier alpha value is -3.43. The Morgan fingerprint density at radius 3 is 1.39 bits per heavy atom. The van der Waals surface area contributed by atoms with E-state index in [1.807, 2.05) is 41.9 Å². The molecule has 136 valence electrons. The Balaban J connectivity index is 0.000000177. The van der Waals surface area contributed by atoms with Crippen molar-refractivity contribution in [1.82, 2.24) is 4.98 Å². The van der Waals surface area contributed by atoms with Gasteiger partial charge in [0.25, 0.3) is 0 Å². The van der Waals surface area contributed by atoms with Gasteiger partial charge in [0.2, 0.25) is 0 Å². The van der Waals surface area contributed by atoms with Gasteiger partial charge in [-0.25, -0.2) is 4.98 Å². The summed E-state index contributed by atoms with van der Waals surface area (Å²) >= 11 is 1.68. The predicted molar refractivity (Wildman–Crippen MR) is 121 cm³/mol. The van der Waals surface area contributed by atoms with Crippen LogP contribution in [0.3, 0.4) is 0 Å². The molecule has 0 aliphatic heterocycles. The smallest absolute Gasteiger partial charge is 0.0812 e. The van der Waals surface area contributed by atoms with Crippen molar-refractivity contribution in [3.63, 3.8) is 0 Å². The van der Waals surface area contributed by atoms with Crippen molar-refractivity contribution >= 4 is 38.6 Å². The third-order valence-electron chi connectivity index (χ3n) is 4.28. The molecule has 0 aliphatic carbocycles. The van der Waals surface area contributed by atoms with Gasteiger partial charge in [0.15, 0.2) is 0 Å². The molecule has 0 atom stereocenters. The minimum absolute atomic E-state index is 1.10. The molecule has 5 rings (SSSR count). The standard InChI is InChI=1S/C18H15N.C7H5NS/c1-4-10-16(11-5-1)19(17-12-6-2-7-13-17)18-14-8-3-9-15-18;1-2-4-7-6(3-1)8-5-9-7/h1-15H;1-5H. The fourth-order valence-corrected chi connectivity index (χ4v) is 3.66. The number of hydrogen-bond donors (Lipinski definition) is 0. The summed E-state index contributed by atoms with van der Waals surface area (Å²) in [7, 11) is 0. The fraction of sp³-hybridized carbons (Fsp3) is 0. The first-order valence-corrected chi connectivity index (χ1v) is 10.0. The molecule has 3 heteroatoms. The van der Waals surface area contributed by atoms with Crippen LogP contribution in [0.25, 0.3) is 10.2 Å². The maximum absolute atomic E-state index is 4.14. The van der Waals surface area contributed by atoms with Crippen LogP contribution in [0.5, 0.6) is 0 Å². The van der Waals surface area contributed by atoms with Crippen LogP contribution >= 0.6 is 11.3 Å². The zero-order valence-corrected chi connectivity index (χ0v) is 16.2. The Morgan fingerprint density at radius 2 is 0.929 bits per heavy atom. The molecule has 4 aromatic carbocycles. The third kappa shape index (κ3) is 4.27. The first-order valence-electron chi connectivity index (χ1n) is 9.15. The average molecular weight is 381 g/mol. The highest BCUT2D eigenvalue weighted by Gasteiger charge is 2.10. The van der Waals surface area contributed by atoms with Gasteiger partial charge in [-0.15, -0.1) is 11.3 Å². The zero-order valence-electron chi connectivity index (χ0n) is 15.3. The zero-order chi connectivity index (χ0) is 19.0. The number of benzene rings is 4. The number of fused-ring (bicyclic) bond motifs is 1. The lowest BCUT2D eigenvalue weighted by atomic mass is 10.2. The molecule has 1 heterocycles. The van der Waals surface area contributed by atoms with Crippen LogP contribution in [0.15, 0.2) is 121 Å². The molecular weight excluding hydrogens is 360 g/mol. The molecule has 2 nitrogen and oxygen atoms in total. The maximum atomic E-state index is 4.14. The number of hydrogen-bond acceptors (Lipinski definition) is 3. The molecule has 0 unspecified atom stereocenters. The quantitative estimate of drug-likeness (QED) is 0.323. The molecule has 0 saturated carbocycles. The number of rotatable bonds is 3. The van der Waals surface area contributed by atoms with E-state index in [1.165, 1.54) is 21.8 Å². The molecule has 0 saturated heterocycles. The van der Waals surface area contributed by atoms with E-state index < -0.39 is 0 Å². The van der Waals surface area contributed by atoms with E-state index in [0.29, 0.717) is 0 Å². The van der Waals surface area contributed by atoms with Crippen molar-refractivity contribution in [2.24, 2.45) is 0 Å². The van der Waals surface area contributed by atoms with Crippen LogP contribution in [0.4, 0.5) is 17.1 Å². The summed E-state index contributed by atoms with van der Waals surface area (Å²) < 4.78 is 1.26. The second kappa shape index (κ2) is 8.98. The first-order chi connectivity index (χ1) is 13.9. The van der Waals surface area contributed by atoms with Crippen LogP contribution in [-0.2, 0) is 0 Å². The van der Waals surface area contributed by atoms with Crippen LogP contribution < -0.4 is 4.90 Å². The summed E-state index contributed by atoms with van der Waals surface area (Å²) in [5.74, 6) is 0. The van der Waals surface area contributed by atoms with Crippen LogP contribution in [0, 0.1) is 0 Å². The van der Waals surface area contributed by atoms with Crippen LogP contribution in [0.1, 0.15) is 0 Å². The van der Waals surface area contributed by atoms with Gasteiger partial charge in [0.1, 0.15) is 0 Å². The van der Waals surface area contributed by atoms with Crippen molar-refractivity contribution in [2.75, 3.05) is 4.90 Å². The van der Waals surface area contributed by atoms with Gasteiger partial charge in [0, 0.05) is 17.1 Å². The highest BCUT2D eigenvalue weighted by molar-refractivity contribution is 7.16. The summed E-state index contributed by atoms with van der Waals surface area (Å²) in [6, 6.07) is 39.4. The Morgan fingerprint density at radius 1 is 0.500 bits per heavy atom. The lowest BCUT2D eigenvalue weighted by Crippen LogP contribution is -2.09. The van der Waals surface area contributed by atoms with E-state index in [4.69, 9.17) is 0 Å². The topological polar surface area (TPSA) is 16.1 Å². The monoisotopic (exact) mass is 380 g/mol. The summed E-state index contributed by atoms with van der Waals surface area (Å²) in [5, 5.41) is 0. The number of para-hydroxylation sites is 4. The van der Waals surface area contributed by atoms with Gasteiger partial charge in [-0.1, -0.05) is 66.7 Å². The molecule has 0 radical (unpaired) electrons. The molecule has 28 heavy (non-hydrogen) atoms. The van der Waals surface area contributed by atoms with Gasteiger partial charge < -0.3 is 4.90 Å². The van der Waals surface area contributed by atoms with Crippen molar-refractivity contribution in [2.45, 2.75) is 0 Å². The van der Waals surface area contributed by atoms with Gasteiger partial charge in [-0.2, -0.15) is 0 Å². The van der Waals surface area contributed by atoms with Crippen molar-refractivity contribution in [1.29, 1.82) is 0 Å². The molecule has 5 aromatic rings. The van der Waals surface area contributed by atoms with Crippen molar-refractivity contribution in [3.05, 3.63) is 121 Å². The minimum Gasteiger partial charge on any atom is -0.311 e. The summed E-state index contributed by atoms with van der Waals surface area (Å²) in [6.07, 6.45) is 0. The van der Waals surface area contributed by atoms with Crippen molar-refractivity contribution in [3.8, 4) is 0 Å². The lowest BCUT2D eigenvalue weighted by Gasteiger charge is -2.25. The van der Waals surface area contributed by atoms with Gasteiger partial charge in [-0.3, -0.25) is 0 Å². The van der Waals surface area contributed by atoms with E-state index in [0.717, 1.165) is 5.52 Å². The van der Waals surface area contributed by atoms with Gasteiger partial charge in [0.05, 0.1) is 15.7 Å². The van der Waals surface area contributed by atoms with E-state index in [9.17, 15) is 0 Å². The van der Waals surface area contributed by atoms with Crippen molar-refractivity contribution < 1.29 is 0 Å². The Bertz CT molecular complexity index is 982. The molecule has 0 amide bonds. The second-order valence-corrected chi connectivity index (χ2v) is 7.05. The van der Waals surface area contributed by atoms with E-state index in [2.05, 4.69) is 88.7 Å². The number of anilines is 3. The Kier molecular flexibility index (Phi) is 5.76. The SMILES string of the molecule is c1ccc(N(c2ccccc2)c2ccccc2)cc1.c1ccc2scnc2c1. The van der Waals surface area contributed by atoms with Gasteiger partial charge in [-0.05, 0) is 48.5 Å². The highest BCUT2D eigenvalue weighted by atomic mass is 32.1. The summed E-state index contributed by atoms with van der Waals surface area (Å²) in [4.78, 5) is 6.39. The highest BCUT2D eigenvalue weighted by Crippen LogP contribution is 2.33. The fourth-order valence-electron chi connectivity index (χ4n) is 2.98. The largest absolute Gasteiger partial charge is 0.311 e. The summed E-state index contributed by atoms with van der Waals surface area (Å²) in [5.41, 5.74) is 6.47. The molecule has 1 aromatic heterocycles. The molecule has 0 N–H and O–H groups in total. The molecule has 0 aliphatic rings. The predicted octanol–water partition coefficient (Wildman–Crippen LogP) is 7.45. The second-order valence-electron chi connectivity index (χ2n) is 6.16. The van der Waals surface area contributed by atoms with E-state index in [1.54, 1.807) is 11.3 Å². The molecule has 0 bridgehead atoms. The maximum Gasteiger partial charge on any atom is 0.0812 e. The number of aromatic nitrogens is 1. The van der Waals surface area contributed by atoms with Crippen LogP contribution in [0.2, 0.25) is 0 Å². The van der Waals surface area contributed by atoms with E-state index in [-0.39, 0.29) is 0 Å². The lowest BCUT2D eigenvalue weighted by molar-refractivity contribution is 1.28. The molecular formula is C25H20N2S. The summed E-state index contributed by atoms with van der Waals surface area (Å²) in [6.45, 7) is 0. The Labute approximate surface area is 169 Å². The molecule has 0 spiro atoms. The van der Waals surface area contributed by atoms with Gasteiger partial charge >= 0.3 is 0 Å². The minimum atomic E-state index is 1.10. The van der Waals surface area contributed by atoms with E-state index >= 15 is 0 Å². The average Bonchev–Trinajstić information content (AvgIpc) is 3.26. The molecule has 0 fully saturated rings. The third-order valence-corrected chi connectivity index (χ3v) is 5.09. The normalized spacial score (nSPS) is 10.1.